The number of rotatable bonds is 10. The third kappa shape index (κ3) is 7.18. The van der Waals surface area contributed by atoms with E-state index in [1.807, 2.05) is 12.1 Å². The number of anilines is 1. The van der Waals surface area contributed by atoms with Crippen LogP contribution >= 0.6 is 11.6 Å². The van der Waals surface area contributed by atoms with Crippen molar-refractivity contribution in [3.05, 3.63) is 47.0 Å². The van der Waals surface area contributed by atoms with Crippen molar-refractivity contribution in [2.24, 2.45) is 5.92 Å². The van der Waals surface area contributed by atoms with Gasteiger partial charge >= 0.3 is 6.03 Å². The minimum atomic E-state index is -0.266. The predicted molar refractivity (Wildman–Crippen MR) is 141 cm³/mol. The molecule has 192 valence electrons. The van der Waals surface area contributed by atoms with Gasteiger partial charge in [-0.25, -0.2) is 4.79 Å². The van der Waals surface area contributed by atoms with Crippen LogP contribution in [0.3, 0.4) is 0 Å². The lowest BCUT2D eigenvalue weighted by Crippen LogP contribution is -2.50. The van der Waals surface area contributed by atoms with Crippen molar-refractivity contribution in [3.8, 4) is 17.2 Å². The number of carbonyl (C=O) groups excluding carboxylic acids is 1. The molecule has 1 heterocycles. The summed E-state index contributed by atoms with van der Waals surface area (Å²) >= 11 is 6.04. The van der Waals surface area contributed by atoms with E-state index in [9.17, 15) is 4.79 Å². The summed E-state index contributed by atoms with van der Waals surface area (Å²) in [5, 5.41) is 6.63. The molecular formula is C27H38ClN3O4. The fourth-order valence-electron chi connectivity index (χ4n) is 5.15. The Balaban J connectivity index is 1.52. The summed E-state index contributed by atoms with van der Waals surface area (Å²) in [6, 6.07) is 12.3. The number of nitrogens with zero attached hydrogens (tertiary/aromatic N) is 1. The Hall–Kier alpha value is -2.64. The van der Waals surface area contributed by atoms with Gasteiger partial charge in [-0.1, -0.05) is 30.7 Å². The van der Waals surface area contributed by atoms with Gasteiger partial charge in [0.2, 0.25) is 5.75 Å². The van der Waals surface area contributed by atoms with Crippen molar-refractivity contribution in [2.75, 3.05) is 39.7 Å². The first-order valence-corrected chi connectivity index (χ1v) is 12.6. The highest BCUT2D eigenvalue weighted by atomic mass is 35.5. The molecule has 1 aliphatic rings. The molecule has 0 aromatic heterocycles. The van der Waals surface area contributed by atoms with Crippen LogP contribution in [0, 0.1) is 5.92 Å². The lowest BCUT2D eigenvalue weighted by Gasteiger charge is -2.44. The third-order valence-electron chi connectivity index (χ3n) is 6.80. The van der Waals surface area contributed by atoms with Crippen LogP contribution in [0.15, 0.2) is 36.4 Å². The molecule has 3 rings (SSSR count). The van der Waals surface area contributed by atoms with Crippen LogP contribution in [0.2, 0.25) is 5.02 Å². The Morgan fingerprint density at radius 1 is 1.06 bits per heavy atom. The van der Waals surface area contributed by atoms with Gasteiger partial charge in [-0.05, 0) is 56.2 Å². The summed E-state index contributed by atoms with van der Waals surface area (Å²) in [4.78, 5) is 15.1. The lowest BCUT2D eigenvalue weighted by atomic mass is 9.82. The first-order chi connectivity index (χ1) is 16.9. The van der Waals surface area contributed by atoms with Crippen LogP contribution in [0.5, 0.6) is 17.2 Å². The van der Waals surface area contributed by atoms with Crippen molar-refractivity contribution in [1.29, 1.82) is 0 Å². The largest absolute Gasteiger partial charge is 0.493 e. The minimum absolute atomic E-state index is 0.266. The number of urea groups is 1. The molecule has 1 fully saturated rings. The molecule has 2 aromatic rings. The first kappa shape index (κ1) is 27.0. The number of carbonyl (C=O) groups is 1. The predicted octanol–water partition coefficient (Wildman–Crippen LogP) is 5.61. The number of piperidine rings is 1. The van der Waals surface area contributed by atoms with E-state index in [0.29, 0.717) is 47.5 Å². The summed E-state index contributed by atoms with van der Waals surface area (Å²) < 4.78 is 16.1. The molecule has 0 saturated carbocycles. The van der Waals surface area contributed by atoms with E-state index in [0.717, 1.165) is 30.8 Å². The fraction of sp³-hybridized carbons (Fsp3) is 0.519. The highest BCUT2D eigenvalue weighted by molar-refractivity contribution is 6.30. The molecule has 1 saturated heterocycles. The van der Waals surface area contributed by atoms with Gasteiger partial charge in [0.25, 0.3) is 0 Å². The molecule has 1 aliphatic heterocycles. The minimum Gasteiger partial charge on any atom is -0.493 e. The number of hydrogen-bond acceptors (Lipinski definition) is 5. The van der Waals surface area contributed by atoms with Crippen LogP contribution in [-0.4, -0.2) is 57.4 Å². The number of nitrogens with one attached hydrogen (secondary N) is 2. The normalized spacial score (nSPS) is 20.2. The van der Waals surface area contributed by atoms with E-state index in [-0.39, 0.29) is 6.03 Å². The molecule has 35 heavy (non-hydrogen) atoms. The standard InChI is InChI=1S/C27H38ClN3O4/c1-6-23-15-20(14-19-7-9-21(28)10-8-19)13-18(2)31(23)12-11-29-27(32)30-22-16-24(33-3)26(35-5)25(17-22)34-4/h7-10,16-18,20,23H,6,11-15H2,1-5H3,(H2,29,30,32). The van der Waals surface area contributed by atoms with Crippen LogP contribution in [0.25, 0.3) is 0 Å². The van der Waals surface area contributed by atoms with Crippen molar-refractivity contribution in [2.45, 2.75) is 51.6 Å². The Morgan fingerprint density at radius 3 is 2.29 bits per heavy atom. The zero-order valence-corrected chi connectivity index (χ0v) is 22.2. The number of likely N-dealkylation sites (tertiary alicyclic amines) is 1. The van der Waals surface area contributed by atoms with E-state index < -0.39 is 0 Å². The van der Waals surface area contributed by atoms with Gasteiger partial charge in [-0.3, -0.25) is 4.90 Å². The van der Waals surface area contributed by atoms with E-state index in [1.54, 1.807) is 33.5 Å². The highest BCUT2D eigenvalue weighted by Gasteiger charge is 2.32. The van der Waals surface area contributed by atoms with E-state index >= 15 is 0 Å². The van der Waals surface area contributed by atoms with Gasteiger partial charge in [-0.2, -0.15) is 0 Å². The molecule has 0 spiro atoms. The average molecular weight is 504 g/mol. The molecule has 7 nitrogen and oxygen atoms in total. The summed E-state index contributed by atoms with van der Waals surface area (Å²) in [6.07, 6.45) is 4.50. The second-order valence-electron chi connectivity index (χ2n) is 9.11. The lowest BCUT2D eigenvalue weighted by molar-refractivity contribution is 0.0598. The van der Waals surface area contributed by atoms with Gasteiger partial charge in [0, 0.05) is 42.3 Å². The van der Waals surface area contributed by atoms with Gasteiger partial charge in [0.05, 0.1) is 27.0 Å². The Bertz CT molecular complexity index is 944. The maximum absolute atomic E-state index is 12.6. The van der Waals surface area contributed by atoms with Crippen LogP contribution in [0.4, 0.5) is 10.5 Å². The molecule has 3 unspecified atom stereocenters. The number of ether oxygens (including phenoxy) is 3. The SMILES string of the molecule is CCC1CC(Cc2ccc(Cl)cc2)CC(C)N1CCNC(=O)Nc1cc(OC)c(OC)c(OC)c1. The van der Waals surface area contributed by atoms with Gasteiger partial charge in [-0.15, -0.1) is 0 Å². The van der Waals surface area contributed by atoms with Crippen molar-refractivity contribution in [3.63, 3.8) is 0 Å². The summed E-state index contributed by atoms with van der Waals surface area (Å²) in [7, 11) is 4.64. The average Bonchev–Trinajstić information content (AvgIpc) is 2.85. The van der Waals surface area contributed by atoms with E-state index in [1.165, 1.54) is 12.0 Å². The maximum atomic E-state index is 12.6. The maximum Gasteiger partial charge on any atom is 0.319 e. The molecule has 8 heteroatoms. The fourth-order valence-corrected chi connectivity index (χ4v) is 5.27. The molecule has 2 amide bonds. The third-order valence-corrected chi connectivity index (χ3v) is 7.05. The Morgan fingerprint density at radius 2 is 1.71 bits per heavy atom. The highest BCUT2D eigenvalue weighted by Crippen LogP contribution is 2.40. The molecule has 2 N–H and O–H groups in total. The van der Waals surface area contributed by atoms with Crippen molar-refractivity contribution < 1.29 is 19.0 Å². The molecule has 0 aliphatic carbocycles. The summed E-state index contributed by atoms with van der Waals surface area (Å²) in [6.45, 7) is 5.93. The molecule has 3 atom stereocenters. The topological polar surface area (TPSA) is 72.1 Å². The zero-order chi connectivity index (χ0) is 25.4. The number of methoxy groups -OCH3 is 3. The van der Waals surface area contributed by atoms with Crippen molar-refractivity contribution >= 4 is 23.3 Å². The Labute approximate surface area is 214 Å². The number of halogens is 1. The quantitative estimate of drug-likeness (QED) is 0.441. The molecule has 0 bridgehead atoms. The molecule has 0 radical (unpaired) electrons. The summed E-state index contributed by atoms with van der Waals surface area (Å²) in [5.74, 6) is 2.12. The molecule has 2 aromatic carbocycles. The monoisotopic (exact) mass is 503 g/mol. The second-order valence-corrected chi connectivity index (χ2v) is 9.55. The van der Waals surface area contributed by atoms with Crippen LogP contribution < -0.4 is 24.8 Å². The van der Waals surface area contributed by atoms with Gasteiger partial charge < -0.3 is 24.8 Å². The van der Waals surface area contributed by atoms with Crippen LogP contribution in [0.1, 0.15) is 38.7 Å². The zero-order valence-electron chi connectivity index (χ0n) is 21.4. The van der Waals surface area contributed by atoms with E-state index in [2.05, 4.69) is 41.5 Å². The molecular weight excluding hydrogens is 466 g/mol. The second kappa shape index (κ2) is 12.9. The van der Waals surface area contributed by atoms with E-state index in [4.69, 9.17) is 25.8 Å². The first-order valence-electron chi connectivity index (χ1n) is 12.2. The smallest absolute Gasteiger partial charge is 0.319 e. The van der Waals surface area contributed by atoms with Crippen molar-refractivity contribution in [1.82, 2.24) is 10.2 Å². The van der Waals surface area contributed by atoms with Gasteiger partial charge in [0.15, 0.2) is 11.5 Å². The Kier molecular flexibility index (Phi) is 9.93. The number of amides is 2. The number of benzene rings is 2. The van der Waals surface area contributed by atoms with Gasteiger partial charge in [0.1, 0.15) is 0 Å². The van der Waals surface area contributed by atoms with Crippen LogP contribution in [-0.2, 0) is 6.42 Å². The summed E-state index contributed by atoms with van der Waals surface area (Å²) in [5.41, 5.74) is 1.92. The number of hydrogen-bond donors (Lipinski definition) is 2.